The quantitative estimate of drug-likeness (QED) is 0.120. The first-order chi connectivity index (χ1) is 18.1. The summed E-state index contributed by atoms with van der Waals surface area (Å²) in [6.07, 6.45) is 12.4. The predicted molar refractivity (Wildman–Crippen MR) is 156 cm³/mol. The molecule has 206 valence electrons. The van der Waals surface area contributed by atoms with Gasteiger partial charge in [0.1, 0.15) is 17.0 Å². The second kappa shape index (κ2) is 14.0. The van der Waals surface area contributed by atoms with Gasteiger partial charge in [-0.15, -0.1) is 11.8 Å². The van der Waals surface area contributed by atoms with Crippen LogP contribution in [0.5, 0.6) is 5.75 Å². The molecule has 0 saturated heterocycles. The molecule has 0 atom stereocenters. The number of unbranched alkanes of at least 4 members (excludes halogenated alkanes) is 4. The van der Waals surface area contributed by atoms with Crippen LogP contribution in [0.2, 0.25) is 0 Å². The number of nitrogens with zero attached hydrogens (tertiary/aromatic N) is 2. The van der Waals surface area contributed by atoms with E-state index in [-0.39, 0.29) is 17.0 Å². The average Bonchev–Trinajstić information content (AvgIpc) is 2.85. The van der Waals surface area contributed by atoms with Crippen molar-refractivity contribution in [3.63, 3.8) is 0 Å². The molecule has 0 spiro atoms. The number of hydrogen-bond acceptors (Lipinski definition) is 6. The fourth-order valence-electron chi connectivity index (χ4n) is 5.08. The van der Waals surface area contributed by atoms with Crippen LogP contribution in [0.15, 0.2) is 29.4 Å². The van der Waals surface area contributed by atoms with Gasteiger partial charge in [0.05, 0.1) is 18.5 Å². The Bertz CT molecular complexity index is 1130. The maximum atomic E-state index is 11.5. The van der Waals surface area contributed by atoms with E-state index in [0.29, 0.717) is 18.7 Å². The zero-order chi connectivity index (χ0) is 27.6. The molecule has 0 N–H and O–H groups in total. The molecule has 1 aliphatic heterocycles. The van der Waals surface area contributed by atoms with E-state index in [4.69, 9.17) is 9.47 Å². The van der Waals surface area contributed by atoms with Crippen molar-refractivity contribution in [1.82, 2.24) is 9.97 Å². The van der Waals surface area contributed by atoms with E-state index in [1.807, 2.05) is 18.7 Å². The van der Waals surface area contributed by atoms with Crippen LogP contribution >= 0.6 is 11.8 Å². The first-order valence-corrected chi connectivity index (χ1v) is 15.1. The SMILES string of the molecule is CCCCCCSc1cc2c(cc1C#Cc1cnc(CCCCC(=O)OCC)cn1)C(C)(C)CC(C)(C)O2. The molecular weight excluding hydrogens is 492 g/mol. The first-order valence-electron chi connectivity index (χ1n) is 14.1. The number of thioether (sulfide) groups is 1. The van der Waals surface area contributed by atoms with Gasteiger partial charge in [0.25, 0.3) is 0 Å². The van der Waals surface area contributed by atoms with E-state index in [1.165, 1.54) is 36.1 Å². The number of aromatic nitrogens is 2. The van der Waals surface area contributed by atoms with Crippen LogP contribution in [0.4, 0.5) is 0 Å². The summed E-state index contributed by atoms with van der Waals surface area (Å²) >= 11 is 1.87. The van der Waals surface area contributed by atoms with Crippen LogP contribution in [0.3, 0.4) is 0 Å². The summed E-state index contributed by atoms with van der Waals surface area (Å²) in [6, 6.07) is 4.44. The number of fused-ring (bicyclic) bond motifs is 1. The van der Waals surface area contributed by atoms with Crippen molar-refractivity contribution in [3.05, 3.63) is 47.0 Å². The number of carbonyl (C=O) groups is 1. The van der Waals surface area contributed by atoms with Gasteiger partial charge in [-0.1, -0.05) is 46.0 Å². The third-order valence-electron chi connectivity index (χ3n) is 6.72. The van der Waals surface area contributed by atoms with Crippen molar-refractivity contribution < 1.29 is 14.3 Å². The van der Waals surface area contributed by atoms with Crippen molar-refractivity contribution in [2.45, 2.75) is 115 Å². The van der Waals surface area contributed by atoms with Crippen molar-refractivity contribution in [2.24, 2.45) is 0 Å². The average molecular weight is 537 g/mol. The number of hydrogen-bond donors (Lipinski definition) is 0. The van der Waals surface area contributed by atoms with Crippen LogP contribution in [0, 0.1) is 11.8 Å². The lowest BCUT2D eigenvalue weighted by atomic mass is 9.73. The highest BCUT2D eigenvalue weighted by atomic mass is 32.2. The van der Waals surface area contributed by atoms with E-state index in [1.54, 1.807) is 12.4 Å². The second-order valence-electron chi connectivity index (χ2n) is 11.3. The van der Waals surface area contributed by atoms with Gasteiger partial charge in [-0.3, -0.25) is 9.78 Å². The summed E-state index contributed by atoms with van der Waals surface area (Å²) in [4.78, 5) is 21.7. The van der Waals surface area contributed by atoms with E-state index in [2.05, 4.69) is 68.6 Å². The van der Waals surface area contributed by atoms with E-state index < -0.39 is 0 Å². The minimum absolute atomic E-state index is 0.00651. The summed E-state index contributed by atoms with van der Waals surface area (Å²) in [5, 5.41) is 0. The highest BCUT2D eigenvalue weighted by Gasteiger charge is 2.39. The van der Waals surface area contributed by atoms with Crippen molar-refractivity contribution in [1.29, 1.82) is 0 Å². The smallest absolute Gasteiger partial charge is 0.305 e. The monoisotopic (exact) mass is 536 g/mol. The van der Waals surface area contributed by atoms with Crippen molar-refractivity contribution in [2.75, 3.05) is 12.4 Å². The largest absolute Gasteiger partial charge is 0.487 e. The topological polar surface area (TPSA) is 61.3 Å². The van der Waals surface area contributed by atoms with Gasteiger partial charge in [0, 0.05) is 28.6 Å². The summed E-state index contributed by atoms with van der Waals surface area (Å²) in [7, 11) is 0. The minimum atomic E-state index is -0.192. The molecule has 1 aromatic heterocycles. The number of esters is 1. The molecule has 0 fully saturated rings. The van der Waals surface area contributed by atoms with Crippen LogP contribution in [0.1, 0.15) is 115 Å². The normalized spacial score (nSPS) is 15.1. The number of benzene rings is 1. The molecule has 6 heteroatoms. The number of rotatable bonds is 12. The molecule has 0 saturated carbocycles. The predicted octanol–water partition coefficient (Wildman–Crippen LogP) is 7.66. The minimum Gasteiger partial charge on any atom is -0.487 e. The highest BCUT2D eigenvalue weighted by Crippen LogP contribution is 2.46. The molecule has 0 unspecified atom stereocenters. The Kier molecular flexibility index (Phi) is 11.1. The molecule has 2 aromatic rings. The lowest BCUT2D eigenvalue weighted by Crippen LogP contribution is -2.41. The molecule has 0 amide bonds. The molecule has 1 aromatic carbocycles. The lowest BCUT2D eigenvalue weighted by Gasteiger charge is -2.42. The van der Waals surface area contributed by atoms with Gasteiger partial charge in [0.2, 0.25) is 0 Å². The van der Waals surface area contributed by atoms with E-state index in [0.717, 1.165) is 48.4 Å². The Hall–Kier alpha value is -2.52. The van der Waals surface area contributed by atoms with Crippen LogP contribution in [-0.2, 0) is 21.4 Å². The van der Waals surface area contributed by atoms with Crippen LogP contribution < -0.4 is 4.74 Å². The highest BCUT2D eigenvalue weighted by molar-refractivity contribution is 7.99. The maximum Gasteiger partial charge on any atom is 0.305 e. The lowest BCUT2D eigenvalue weighted by molar-refractivity contribution is -0.143. The molecule has 0 bridgehead atoms. The van der Waals surface area contributed by atoms with Gasteiger partial charge in [0.15, 0.2) is 0 Å². The van der Waals surface area contributed by atoms with E-state index in [9.17, 15) is 4.79 Å². The summed E-state index contributed by atoms with van der Waals surface area (Å²) in [5.74, 6) is 8.58. The van der Waals surface area contributed by atoms with Crippen LogP contribution in [-0.4, -0.2) is 33.9 Å². The Labute approximate surface area is 233 Å². The van der Waals surface area contributed by atoms with E-state index >= 15 is 0 Å². The second-order valence-corrected chi connectivity index (χ2v) is 12.5. The molecule has 3 rings (SSSR count). The van der Waals surface area contributed by atoms with Crippen molar-refractivity contribution in [3.8, 4) is 17.6 Å². The number of aryl methyl sites for hydroxylation is 1. The standard InChI is InChI=1S/C32H44N2O3S/c1-7-9-10-13-18-38-29-20-28-27(31(3,4)23-32(5,6)37-28)19-24(29)16-17-26-22-33-25(21-34-26)14-11-12-15-30(35)36-8-2/h19-22H,7-15,18,23H2,1-6H3. The third kappa shape index (κ3) is 9.05. The summed E-state index contributed by atoms with van der Waals surface area (Å²) < 4.78 is 11.4. The Morgan fingerprint density at radius 3 is 2.55 bits per heavy atom. The fraction of sp³-hybridized carbons (Fsp3) is 0.594. The van der Waals surface area contributed by atoms with Gasteiger partial charge in [-0.05, 0) is 82.1 Å². The zero-order valence-electron chi connectivity index (χ0n) is 24.1. The molecule has 0 aliphatic carbocycles. The molecule has 5 nitrogen and oxygen atoms in total. The Morgan fingerprint density at radius 2 is 1.84 bits per heavy atom. The maximum absolute atomic E-state index is 11.5. The Morgan fingerprint density at radius 1 is 1.03 bits per heavy atom. The van der Waals surface area contributed by atoms with Gasteiger partial charge < -0.3 is 9.47 Å². The summed E-state index contributed by atoms with van der Waals surface area (Å²) in [5.41, 5.74) is 3.65. The van der Waals surface area contributed by atoms with Gasteiger partial charge in [-0.25, -0.2) is 4.98 Å². The fourth-order valence-corrected chi connectivity index (χ4v) is 6.11. The molecule has 1 aliphatic rings. The zero-order valence-corrected chi connectivity index (χ0v) is 24.9. The summed E-state index contributed by atoms with van der Waals surface area (Å²) in [6.45, 7) is 13.4. The first kappa shape index (κ1) is 30.0. The Balaban J connectivity index is 1.74. The molecule has 2 heterocycles. The third-order valence-corrected chi connectivity index (χ3v) is 7.86. The van der Waals surface area contributed by atoms with Crippen molar-refractivity contribution >= 4 is 17.7 Å². The van der Waals surface area contributed by atoms with Crippen LogP contribution in [0.25, 0.3) is 0 Å². The van der Waals surface area contributed by atoms with Gasteiger partial charge in [-0.2, -0.15) is 0 Å². The van der Waals surface area contributed by atoms with Gasteiger partial charge >= 0.3 is 5.97 Å². The number of ether oxygens (including phenoxy) is 2. The molecule has 38 heavy (non-hydrogen) atoms. The molecule has 0 radical (unpaired) electrons. The number of carbonyl (C=O) groups excluding carboxylic acids is 1. The molecular formula is C32H44N2O3S.